The largest absolute Gasteiger partial charge is 0.350 e. The second kappa shape index (κ2) is 12.0. The molecule has 7 heteroatoms. The molecule has 1 aromatic heterocycles. The Bertz CT molecular complexity index is 840. The van der Waals surface area contributed by atoms with Crippen LogP contribution in [0, 0.1) is 12.3 Å². The summed E-state index contributed by atoms with van der Waals surface area (Å²) in [6.45, 7) is 9.30. The minimum atomic E-state index is -0.339. The molecule has 3 rings (SSSR count). The lowest BCUT2D eigenvalue weighted by molar-refractivity contribution is -0.139. The first-order valence-corrected chi connectivity index (χ1v) is 11.3. The fraction of sp³-hybridized carbons (Fsp3) is 0.542. The number of aromatic nitrogens is 1. The molecule has 0 saturated carbocycles. The fourth-order valence-corrected chi connectivity index (χ4v) is 4.36. The van der Waals surface area contributed by atoms with Gasteiger partial charge in [-0.05, 0) is 43.4 Å². The predicted octanol–water partition coefficient (Wildman–Crippen LogP) is 4.37. The van der Waals surface area contributed by atoms with E-state index in [0.717, 1.165) is 29.7 Å². The van der Waals surface area contributed by atoms with Gasteiger partial charge in [0.2, 0.25) is 11.8 Å². The average Bonchev–Trinajstić information content (AvgIpc) is 3.36. The van der Waals surface area contributed by atoms with E-state index in [4.69, 9.17) is 0 Å². The molecular formula is C24H38N4O2S. The Hall–Kier alpha value is -2.25. The van der Waals surface area contributed by atoms with E-state index in [2.05, 4.69) is 28.2 Å². The van der Waals surface area contributed by atoms with Gasteiger partial charge in [0.25, 0.3) is 0 Å². The van der Waals surface area contributed by atoms with Crippen LogP contribution in [0.1, 0.15) is 58.7 Å². The molecule has 2 aromatic rings. The van der Waals surface area contributed by atoms with Gasteiger partial charge in [0.05, 0.1) is 16.1 Å². The third-order valence-electron chi connectivity index (χ3n) is 4.99. The monoisotopic (exact) mass is 446 g/mol. The van der Waals surface area contributed by atoms with Crippen molar-refractivity contribution in [3.63, 3.8) is 0 Å². The maximum absolute atomic E-state index is 12.7. The average molecular weight is 447 g/mol. The van der Waals surface area contributed by atoms with Crippen LogP contribution in [0.25, 0.3) is 10.4 Å². The molecule has 0 spiro atoms. The number of amides is 2. The van der Waals surface area contributed by atoms with Crippen molar-refractivity contribution in [3.05, 3.63) is 41.0 Å². The topological polar surface area (TPSA) is 88.3 Å². The number of nitrogens with two attached hydrogens (primary N) is 1. The molecule has 31 heavy (non-hydrogen) atoms. The molecule has 172 valence electrons. The van der Waals surface area contributed by atoms with Crippen LogP contribution < -0.4 is 11.1 Å². The maximum Gasteiger partial charge on any atom is 0.243 e. The van der Waals surface area contributed by atoms with Gasteiger partial charge in [-0.2, -0.15) is 0 Å². The van der Waals surface area contributed by atoms with Crippen molar-refractivity contribution in [1.82, 2.24) is 15.2 Å². The number of nitrogens with one attached hydrogen (secondary N) is 1. The van der Waals surface area contributed by atoms with Crippen molar-refractivity contribution in [2.24, 2.45) is 11.1 Å². The van der Waals surface area contributed by atoms with Crippen molar-refractivity contribution in [1.29, 1.82) is 0 Å². The number of thiazole rings is 1. The summed E-state index contributed by atoms with van der Waals surface area (Å²) in [5, 5.41) is 3.01. The number of rotatable bonds is 5. The van der Waals surface area contributed by atoms with Crippen molar-refractivity contribution in [2.45, 2.75) is 67.0 Å². The van der Waals surface area contributed by atoms with Crippen LogP contribution in [0.15, 0.2) is 29.8 Å². The molecular weight excluding hydrogens is 408 g/mol. The lowest BCUT2D eigenvalue weighted by atomic mass is 9.91. The zero-order chi connectivity index (χ0) is 22.3. The molecule has 2 heterocycles. The number of likely N-dealkylation sites (tertiary alicyclic amines) is 1. The van der Waals surface area contributed by atoms with E-state index in [1.54, 1.807) is 16.2 Å². The second-order valence-corrected chi connectivity index (χ2v) is 9.52. The van der Waals surface area contributed by atoms with Gasteiger partial charge in [-0.3, -0.25) is 9.59 Å². The van der Waals surface area contributed by atoms with Gasteiger partial charge in [-0.15, -0.1) is 11.3 Å². The van der Waals surface area contributed by atoms with Crippen LogP contribution in [0.2, 0.25) is 0 Å². The van der Waals surface area contributed by atoms with Gasteiger partial charge in [0, 0.05) is 19.5 Å². The molecule has 1 aliphatic heterocycles. The van der Waals surface area contributed by atoms with E-state index < -0.39 is 0 Å². The molecule has 1 fully saturated rings. The Labute approximate surface area is 191 Å². The van der Waals surface area contributed by atoms with E-state index >= 15 is 0 Å². The summed E-state index contributed by atoms with van der Waals surface area (Å²) in [6.07, 6.45) is 2.09. The first kappa shape index (κ1) is 26.8. The van der Waals surface area contributed by atoms with Crippen molar-refractivity contribution in [3.8, 4) is 10.4 Å². The number of nitrogens with zero attached hydrogens (tertiary/aromatic N) is 2. The number of benzene rings is 1. The number of hydrogen-bond acceptors (Lipinski definition) is 5. The molecule has 0 radical (unpaired) electrons. The predicted molar refractivity (Wildman–Crippen MR) is 130 cm³/mol. The Morgan fingerprint density at radius 3 is 2.42 bits per heavy atom. The number of carbonyl (C=O) groups is 2. The number of aryl methyl sites for hydroxylation is 1. The van der Waals surface area contributed by atoms with Crippen LogP contribution in [0.4, 0.5) is 0 Å². The molecule has 0 bridgehead atoms. The summed E-state index contributed by atoms with van der Waals surface area (Å²) >= 11 is 1.63. The molecule has 1 saturated heterocycles. The van der Waals surface area contributed by atoms with Crippen LogP contribution in [0.5, 0.6) is 0 Å². The number of hydrogen-bond donors (Lipinski definition) is 2. The highest BCUT2D eigenvalue weighted by molar-refractivity contribution is 7.13. The molecule has 1 unspecified atom stereocenters. The van der Waals surface area contributed by atoms with Gasteiger partial charge in [0.15, 0.2) is 0 Å². The Kier molecular flexibility index (Phi) is 10.3. The van der Waals surface area contributed by atoms with Gasteiger partial charge in [-0.25, -0.2) is 4.98 Å². The van der Waals surface area contributed by atoms with Crippen molar-refractivity contribution < 1.29 is 9.59 Å². The van der Waals surface area contributed by atoms with Gasteiger partial charge < -0.3 is 16.0 Å². The van der Waals surface area contributed by atoms with Gasteiger partial charge in [-0.1, -0.05) is 52.5 Å². The van der Waals surface area contributed by atoms with E-state index in [0.29, 0.717) is 19.5 Å². The Balaban J connectivity index is 0.00000156. The highest BCUT2D eigenvalue weighted by Gasteiger charge is 2.35. The highest BCUT2D eigenvalue weighted by atomic mass is 32.1. The maximum atomic E-state index is 12.7. The smallest absolute Gasteiger partial charge is 0.243 e. The minimum absolute atomic E-state index is 0. The molecule has 0 aliphatic carbocycles. The molecule has 1 aromatic carbocycles. The first-order chi connectivity index (χ1) is 14.2. The summed E-state index contributed by atoms with van der Waals surface area (Å²) in [5.74, 6) is 0.0246. The SMILES string of the molecule is C.CN.Cc1ncsc1-c1ccc(CNC(=O)C2CCCN2C(=O)CC(C)(C)C)cc1. The quantitative estimate of drug-likeness (QED) is 0.714. The molecule has 3 N–H and O–H groups in total. The standard InChI is InChI=1S/C22H29N3O2S.CH5N.CH4/c1-15-20(28-14-24-15)17-9-7-16(8-10-17)13-23-21(27)18-6-5-11-25(18)19(26)12-22(2,3)4;1-2;/h7-10,14,18H,5-6,11-13H2,1-4H3,(H,23,27);2H2,1H3;1H4. The molecule has 2 amide bonds. The Morgan fingerprint density at radius 1 is 1.23 bits per heavy atom. The van der Waals surface area contributed by atoms with Crippen LogP contribution in [0.3, 0.4) is 0 Å². The van der Waals surface area contributed by atoms with Crippen molar-refractivity contribution in [2.75, 3.05) is 13.6 Å². The third kappa shape index (κ3) is 7.43. The molecule has 6 nitrogen and oxygen atoms in total. The Morgan fingerprint density at radius 2 is 1.87 bits per heavy atom. The minimum Gasteiger partial charge on any atom is -0.350 e. The van der Waals surface area contributed by atoms with E-state index in [-0.39, 0.29) is 30.7 Å². The summed E-state index contributed by atoms with van der Waals surface area (Å²) < 4.78 is 0. The second-order valence-electron chi connectivity index (χ2n) is 8.66. The highest BCUT2D eigenvalue weighted by Crippen LogP contribution is 2.27. The zero-order valence-corrected chi connectivity index (χ0v) is 19.5. The number of carbonyl (C=O) groups excluding carboxylic acids is 2. The van der Waals surface area contributed by atoms with Crippen LogP contribution in [-0.4, -0.2) is 41.3 Å². The summed E-state index contributed by atoms with van der Waals surface area (Å²) in [6, 6.07) is 7.86. The van der Waals surface area contributed by atoms with E-state index in [1.165, 1.54) is 11.9 Å². The van der Waals surface area contributed by atoms with Crippen LogP contribution >= 0.6 is 11.3 Å². The van der Waals surface area contributed by atoms with E-state index in [1.807, 2.05) is 45.3 Å². The molecule has 1 atom stereocenters. The summed E-state index contributed by atoms with van der Waals surface area (Å²) in [4.78, 5) is 32.5. The zero-order valence-electron chi connectivity index (χ0n) is 18.7. The van der Waals surface area contributed by atoms with Crippen LogP contribution in [-0.2, 0) is 16.1 Å². The third-order valence-corrected chi connectivity index (χ3v) is 5.96. The van der Waals surface area contributed by atoms with Gasteiger partial charge >= 0.3 is 0 Å². The summed E-state index contributed by atoms with van der Waals surface area (Å²) in [5.41, 5.74) is 9.51. The fourth-order valence-electron chi connectivity index (χ4n) is 3.55. The first-order valence-electron chi connectivity index (χ1n) is 10.4. The van der Waals surface area contributed by atoms with Crippen molar-refractivity contribution >= 4 is 23.2 Å². The lowest BCUT2D eigenvalue weighted by Crippen LogP contribution is -2.46. The van der Waals surface area contributed by atoms with E-state index in [9.17, 15) is 9.59 Å². The normalized spacial score (nSPS) is 15.5. The van der Waals surface area contributed by atoms with Gasteiger partial charge in [0.1, 0.15) is 6.04 Å². The lowest BCUT2D eigenvalue weighted by Gasteiger charge is -2.27. The summed E-state index contributed by atoms with van der Waals surface area (Å²) in [7, 11) is 1.50. The molecule has 1 aliphatic rings.